The van der Waals surface area contributed by atoms with E-state index in [0.29, 0.717) is 15.1 Å². The van der Waals surface area contributed by atoms with Crippen LogP contribution in [0.1, 0.15) is 32.2 Å². The Kier molecular flexibility index (Phi) is 6.25. The van der Waals surface area contributed by atoms with Crippen LogP contribution in [0.25, 0.3) is 17.2 Å². The number of aryl methyl sites for hydroxylation is 2. The lowest BCUT2D eigenvalue weighted by molar-refractivity contribution is -0.674. The average molecular weight is 478 g/mol. The number of hydrogen-bond donors (Lipinski definition) is 0. The molecule has 0 atom stereocenters. The van der Waals surface area contributed by atoms with Crippen molar-refractivity contribution in [2.45, 2.75) is 34.2 Å². The summed E-state index contributed by atoms with van der Waals surface area (Å²) in [5, 5.41) is 1.83. The lowest BCUT2D eigenvalue weighted by Gasteiger charge is -2.23. The van der Waals surface area contributed by atoms with E-state index in [2.05, 4.69) is 47.3 Å². The Balaban J connectivity index is 1.74. The summed E-state index contributed by atoms with van der Waals surface area (Å²) < 4.78 is 8.24. The fraction of sp³-hybridized carbons (Fsp3) is 0.292. The zero-order valence-corrected chi connectivity index (χ0v) is 20.3. The molecule has 0 spiro atoms. The fourth-order valence-electron chi connectivity index (χ4n) is 4.09. The van der Waals surface area contributed by atoms with Gasteiger partial charge in [0, 0.05) is 30.2 Å². The van der Waals surface area contributed by atoms with Crippen LogP contribution >= 0.6 is 34.8 Å². The van der Waals surface area contributed by atoms with Gasteiger partial charge in [-0.3, -0.25) is 0 Å². The van der Waals surface area contributed by atoms with Crippen LogP contribution in [0.2, 0.25) is 15.1 Å². The fourth-order valence-corrected chi connectivity index (χ4v) is 4.56. The first kappa shape index (κ1) is 22.1. The molecule has 3 aromatic rings. The second-order valence-corrected chi connectivity index (χ2v) is 8.60. The van der Waals surface area contributed by atoms with Crippen LogP contribution < -0.4 is 14.4 Å². The van der Waals surface area contributed by atoms with E-state index in [1.165, 1.54) is 0 Å². The molecule has 0 radical (unpaired) electrons. The lowest BCUT2D eigenvalue weighted by atomic mass is 10.2. The van der Waals surface area contributed by atoms with Crippen molar-refractivity contribution >= 4 is 63.4 Å². The minimum absolute atomic E-state index is 0.562. The normalized spacial score (nSPS) is 13.7. The maximum absolute atomic E-state index is 6.30. The topological polar surface area (TPSA) is 23.5 Å². The first-order chi connectivity index (χ1) is 14.9. The third-order valence-electron chi connectivity index (χ3n) is 5.60. The van der Waals surface area contributed by atoms with Crippen LogP contribution in [0, 0.1) is 6.92 Å². The van der Waals surface area contributed by atoms with Crippen molar-refractivity contribution in [1.29, 1.82) is 0 Å². The maximum Gasteiger partial charge on any atom is 0.374 e. The van der Waals surface area contributed by atoms with E-state index in [-0.39, 0.29) is 0 Å². The summed E-state index contributed by atoms with van der Waals surface area (Å²) in [7, 11) is 0. The molecule has 0 saturated heterocycles. The summed E-state index contributed by atoms with van der Waals surface area (Å²) in [6, 6.07) is 7.82. The molecular formula is C24H25Cl3N3O+. The van der Waals surface area contributed by atoms with Gasteiger partial charge < -0.3 is 14.2 Å². The van der Waals surface area contributed by atoms with Crippen molar-refractivity contribution in [2.24, 2.45) is 0 Å². The monoisotopic (exact) mass is 476 g/mol. The summed E-state index contributed by atoms with van der Waals surface area (Å²) in [6.07, 6.45) is 6.11. The van der Waals surface area contributed by atoms with Gasteiger partial charge in [-0.05, 0) is 57.5 Å². The maximum atomic E-state index is 6.30. The van der Waals surface area contributed by atoms with Crippen molar-refractivity contribution in [3.63, 3.8) is 0 Å². The molecule has 162 valence electrons. The van der Waals surface area contributed by atoms with E-state index in [4.69, 9.17) is 39.2 Å². The minimum atomic E-state index is 0.562. The largest absolute Gasteiger partial charge is 0.398 e. The number of fused-ring (bicyclic) bond motifs is 2. The average Bonchev–Trinajstić information content (AvgIpc) is 3.22. The number of oxazole rings is 1. The van der Waals surface area contributed by atoms with Crippen LogP contribution in [-0.2, 0) is 6.54 Å². The van der Waals surface area contributed by atoms with Crippen LogP contribution in [0.5, 0.6) is 0 Å². The van der Waals surface area contributed by atoms with Crippen LogP contribution in [0.15, 0.2) is 46.7 Å². The number of benzene rings is 2. The third kappa shape index (κ3) is 3.82. The number of allylic oxidation sites excluding steroid dienone is 2. The number of halogens is 3. The third-order valence-corrected chi connectivity index (χ3v) is 6.73. The Morgan fingerprint density at radius 1 is 0.903 bits per heavy atom. The van der Waals surface area contributed by atoms with E-state index < -0.39 is 0 Å². The highest BCUT2D eigenvalue weighted by molar-refractivity contribution is 6.42. The number of hydrogen-bond acceptors (Lipinski definition) is 3. The molecule has 1 aliphatic rings. The van der Waals surface area contributed by atoms with Gasteiger partial charge in [0.1, 0.15) is 12.4 Å². The zero-order valence-electron chi connectivity index (χ0n) is 18.0. The molecule has 0 saturated carbocycles. The van der Waals surface area contributed by atoms with Gasteiger partial charge in [-0.25, -0.2) is 0 Å². The number of anilines is 2. The molecule has 1 aliphatic heterocycles. The summed E-state index contributed by atoms with van der Waals surface area (Å²) in [5.74, 6) is 1.86. The predicted molar refractivity (Wildman–Crippen MR) is 131 cm³/mol. The highest BCUT2D eigenvalue weighted by atomic mass is 35.5. The van der Waals surface area contributed by atoms with Crippen molar-refractivity contribution in [2.75, 3.05) is 22.9 Å². The Labute approximate surface area is 197 Å². The first-order valence-corrected chi connectivity index (χ1v) is 11.6. The molecule has 2 aromatic carbocycles. The van der Waals surface area contributed by atoms with E-state index >= 15 is 0 Å². The van der Waals surface area contributed by atoms with Crippen molar-refractivity contribution < 1.29 is 8.98 Å². The molecule has 0 N–H and O–H groups in total. The first-order valence-electron chi connectivity index (χ1n) is 10.4. The Morgan fingerprint density at radius 2 is 1.52 bits per heavy atom. The van der Waals surface area contributed by atoms with Crippen LogP contribution in [-0.4, -0.2) is 13.1 Å². The molecular weight excluding hydrogens is 453 g/mol. The second kappa shape index (κ2) is 8.78. The molecule has 4 nitrogen and oxygen atoms in total. The van der Waals surface area contributed by atoms with Crippen molar-refractivity contribution in [3.8, 4) is 0 Å². The van der Waals surface area contributed by atoms with E-state index in [9.17, 15) is 0 Å². The van der Waals surface area contributed by atoms with Gasteiger partial charge in [-0.15, -0.1) is 0 Å². The van der Waals surface area contributed by atoms with Gasteiger partial charge in [-0.2, -0.15) is 4.57 Å². The quantitative estimate of drug-likeness (QED) is 0.362. The smallest absolute Gasteiger partial charge is 0.374 e. The van der Waals surface area contributed by atoms with E-state index in [1.54, 1.807) is 0 Å². The summed E-state index contributed by atoms with van der Waals surface area (Å²) in [5.41, 5.74) is 4.99. The molecule has 0 unspecified atom stereocenters. The molecule has 0 amide bonds. The summed E-state index contributed by atoms with van der Waals surface area (Å²) >= 11 is 18.9. The number of aromatic nitrogens is 1. The van der Waals surface area contributed by atoms with Gasteiger partial charge in [0.05, 0.1) is 27.5 Å². The Morgan fingerprint density at radius 3 is 2.06 bits per heavy atom. The van der Waals surface area contributed by atoms with Crippen LogP contribution in [0.4, 0.5) is 11.4 Å². The van der Waals surface area contributed by atoms with E-state index in [0.717, 1.165) is 59.4 Å². The van der Waals surface area contributed by atoms with Crippen LogP contribution in [0.3, 0.4) is 0 Å². The SMILES string of the molecule is CCN1C(=C/C=C/c2oc3cc(Cl)c(C)cc3[n+]2CC)N(CC)c2cc(Cl)c(Cl)cc21. The Hall–Kier alpha value is -2.14. The molecule has 1 aromatic heterocycles. The van der Waals surface area contributed by atoms with E-state index in [1.807, 2.05) is 37.3 Å². The highest BCUT2D eigenvalue weighted by Gasteiger charge is 2.30. The molecule has 2 heterocycles. The summed E-state index contributed by atoms with van der Waals surface area (Å²) in [6.45, 7) is 10.8. The van der Waals surface area contributed by atoms with Gasteiger partial charge in [0.2, 0.25) is 5.58 Å². The number of nitrogens with zero attached hydrogens (tertiary/aromatic N) is 3. The molecule has 31 heavy (non-hydrogen) atoms. The van der Waals surface area contributed by atoms with Gasteiger partial charge >= 0.3 is 5.89 Å². The zero-order chi connectivity index (χ0) is 22.3. The molecule has 0 fully saturated rings. The standard InChI is InChI=1S/C24H25Cl3N3O/c1-5-28-19-12-17(26)18(27)13-20(19)29(6-2)23(28)9-8-10-24-30(7-3)21-11-15(4)16(25)14-22(21)31-24/h8-14H,5-7H2,1-4H3/q+1. The van der Waals surface area contributed by atoms with Crippen molar-refractivity contribution in [1.82, 2.24) is 0 Å². The van der Waals surface area contributed by atoms with Gasteiger partial charge in [-0.1, -0.05) is 34.8 Å². The molecule has 0 aliphatic carbocycles. The van der Waals surface area contributed by atoms with Gasteiger partial charge in [0.15, 0.2) is 0 Å². The molecule has 7 heteroatoms. The predicted octanol–water partition coefficient (Wildman–Crippen LogP) is 7.23. The van der Waals surface area contributed by atoms with Crippen molar-refractivity contribution in [3.05, 3.63) is 68.8 Å². The molecule has 4 rings (SSSR count). The molecule has 0 bridgehead atoms. The minimum Gasteiger partial charge on any atom is -0.398 e. The number of rotatable bonds is 5. The summed E-state index contributed by atoms with van der Waals surface area (Å²) in [4.78, 5) is 4.47. The highest BCUT2D eigenvalue weighted by Crippen LogP contribution is 2.45. The lowest BCUT2D eigenvalue weighted by Crippen LogP contribution is -2.33. The second-order valence-electron chi connectivity index (χ2n) is 7.38. The Bertz CT molecular complexity index is 1170. The van der Waals surface area contributed by atoms with Gasteiger partial charge in [0.25, 0.3) is 5.52 Å².